The minimum absolute atomic E-state index is 0.119. The van der Waals surface area contributed by atoms with E-state index >= 15 is 0 Å². The van der Waals surface area contributed by atoms with Crippen LogP contribution in [0.4, 0.5) is 4.39 Å². The van der Waals surface area contributed by atoms with Crippen molar-refractivity contribution in [3.63, 3.8) is 0 Å². The Morgan fingerprint density at radius 2 is 2.09 bits per heavy atom. The van der Waals surface area contributed by atoms with Gasteiger partial charge in [-0.25, -0.2) is 4.39 Å². The second-order valence-corrected chi connectivity index (χ2v) is 3.44. The van der Waals surface area contributed by atoms with E-state index in [0.717, 1.165) is 15.6 Å². The number of hydrogen-bond donors (Lipinski definition) is 0. The Morgan fingerprint density at radius 3 is 2.82 bits per heavy atom. The standard InChI is InChI=1S/C9H7FS/c1-6-2-3-8(10)7-4-5-11-9(6)7/h2-5H,1H3. The third-order valence-electron chi connectivity index (χ3n) is 1.76. The lowest BCUT2D eigenvalue weighted by Gasteiger charge is -1.94. The highest BCUT2D eigenvalue weighted by Gasteiger charge is 2.02. The van der Waals surface area contributed by atoms with Crippen molar-refractivity contribution in [2.45, 2.75) is 6.92 Å². The highest BCUT2D eigenvalue weighted by molar-refractivity contribution is 7.17. The molecule has 2 heteroatoms. The van der Waals surface area contributed by atoms with Gasteiger partial charge in [0.2, 0.25) is 0 Å². The van der Waals surface area contributed by atoms with E-state index in [1.807, 2.05) is 24.4 Å². The summed E-state index contributed by atoms with van der Waals surface area (Å²) in [6.45, 7) is 2.00. The molecule has 11 heavy (non-hydrogen) atoms. The number of rotatable bonds is 0. The van der Waals surface area contributed by atoms with Gasteiger partial charge in [0.1, 0.15) is 5.82 Å². The molecule has 1 aromatic heterocycles. The molecule has 2 aromatic rings. The monoisotopic (exact) mass is 166 g/mol. The Bertz CT molecular complexity index is 353. The van der Waals surface area contributed by atoms with E-state index in [9.17, 15) is 4.39 Å². The van der Waals surface area contributed by atoms with Crippen LogP contribution in [0.5, 0.6) is 0 Å². The normalized spacial score (nSPS) is 10.7. The molecule has 0 atom stereocenters. The number of aryl methyl sites for hydroxylation is 1. The molecule has 1 heterocycles. The number of thiophene rings is 1. The predicted octanol–water partition coefficient (Wildman–Crippen LogP) is 3.35. The smallest absolute Gasteiger partial charge is 0.131 e. The molecule has 0 radical (unpaired) electrons. The molecule has 0 amide bonds. The van der Waals surface area contributed by atoms with Gasteiger partial charge in [-0.15, -0.1) is 11.3 Å². The van der Waals surface area contributed by atoms with Crippen molar-refractivity contribution in [1.29, 1.82) is 0 Å². The minimum Gasteiger partial charge on any atom is -0.206 e. The van der Waals surface area contributed by atoms with Crippen LogP contribution < -0.4 is 0 Å². The van der Waals surface area contributed by atoms with E-state index < -0.39 is 0 Å². The van der Waals surface area contributed by atoms with E-state index in [1.165, 1.54) is 6.07 Å². The number of halogens is 1. The first kappa shape index (κ1) is 6.80. The summed E-state index contributed by atoms with van der Waals surface area (Å²) in [6.07, 6.45) is 0. The first-order chi connectivity index (χ1) is 5.29. The maximum Gasteiger partial charge on any atom is 0.131 e. The molecule has 2 rings (SSSR count). The Labute approximate surface area is 68.3 Å². The van der Waals surface area contributed by atoms with Gasteiger partial charge >= 0.3 is 0 Å². The maximum atomic E-state index is 13.0. The van der Waals surface area contributed by atoms with Gasteiger partial charge in [0.15, 0.2) is 0 Å². The van der Waals surface area contributed by atoms with E-state index in [2.05, 4.69) is 0 Å². The zero-order valence-electron chi connectivity index (χ0n) is 6.10. The summed E-state index contributed by atoms with van der Waals surface area (Å²) in [7, 11) is 0. The molecule has 0 nitrogen and oxygen atoms in total. The largest absolute Gasteiger partial charge is 0.206 e. The summed E-state index contributed by atoms with van der Waals surface area (Å²) >= 11 is 1.59. The summed E-state index contributed by atoms with van der Waals surface area (Å²) in [4.78, 5) is 0. The van der Waals surface area contributed by atoms with E-state index in [1.54, 1.807) is 11.3 Å². The zero-order chi connectivity index (χ0) is 7.84. The van der Waals surface area contributed by atoms with Crippen LogP contribution in [0.3, 0.4) is 0 Å². The fourth-order valence-electron chi connectivity index (χ4n) is 1.17. The summed E-state index contributed by atoms with van der Waals surface area (Å²) in [5.74, 6) is -0.119. The van der Waals surface area contributed by atoms with E-state index in [0.29, 0.717) is 0 Å². The molecule has 0 fully saturated rings. The van der Waals surface area contributed by atoms with Gasteiger partial charge in [0.25, 0.3) is 0 Å². The van der Waals surface area contributed by atoms with Crippen molar-refractivity contribution < 1.29 is 4.39 Å². The first-order valence-electron chi connectivity index (χ1n) is 3.41. The van der Waals surface area contributed by atoms with Crippen LogP contribution in [0.2, 0.25) is 0 Å². The van der Waals surface area contributed by atoms with Crippen LogP contribution in [0.25, 0.3) is 10.1 Å². The van der Waals surface area contributed by atoms with E-state index in [-0.39, 0.29) is 5.82 Å². The van der Waals surface area contributed by atoms with Crippen LogP contribution in [0.1, 0.15) is 5.56 Å². The van der Waals surface area contributed by atoms with Gasteiger partial charge in [0, 0.05) is 10.1 Å². The molecular weight excluding hydrogens is 159 g/mol. The molecule has 1 aromatic carbocycles. The molecule has 0 N–H and O–H groups in total. The van der Waals surface area contributed by atoms with Crippen molar-refractivity contribution >= 4 is 21.4 Å². The predicted molar refractivity (Wildman–Crippen MR) is 46.5 cm³/mol. The Kier molecular flexibility index (Phi) is 1.43. The fraction of sp³-hybridized carbons (Fsp3) is 0.111. The number of fused-ring (bicyclic) bond motifs is 1. The highest BCUT2D eigenvalue weighted by Crippen LogP contribution is 2.26. The summed E-state index contributed by atoms with van der Waals surface area (Å²) in [5, 5.41) is 2.66. The molecule has 0 aliphatic rings. The van der Waals surface area contributed by atoms with Crippen molar-refractivity contribution in [3.8, 4) is 0 Å². The van der Waals surface area contributed by atoms with Gasteiger partial charge in [-0.05, 0) is 30.0 Å². The minimum atomic E-state index is -0.119. The van der Waals surface area contributed by atoms with Crippen LogP contribution >= 0.6 is 11.3 Å². The summed E-state index contributed by atoms with van der Waals surface area (Å²) in [5.41, 5.74) is 1.15. The molecule has 0 spiro atoms. The molecule has 0 unspecified atom stereocenters. The third kappa shape index (κ3) is 0.942. The zero-order valence-corrected chi connectivity index (χ0v) is 6.91. The van der Waals surface area contributed by atoms with Crippen LogP contribution in [0, 0.1) is 12.7 Å². The lowest BCUT2D eigenvalue weighted by atomic mass is 10.2. The molecular formula is C9H7FS. The lowest BCUT2D eigenvalue weighted by Crippen LogP contribution is -1.76. The highest BCUT2D eigenvalue weighted by atomic mass is 32.1. The van der Waals surface area contributed by atoms with Crippen molar-refractivity contribution in [2.24, 2.45) is 0 Å². The second-order valence-electron chi connectivity index (χ2n) is 2.53. The van der Waals surface area contributed by atoms with Crippen molar-refractivity contribution in [1.82, 2.24) is 0 Å². The average Bonchev–Trinajstić information content (AvgIpc) is 2.45. The number of hydrogen-bond acceptors (Lipinski definition) is 1. The van der Waals surface area contributed by atoms with Gasteiger partial charge in [0.05, 0.1) is 0 Å². The van der Waals surface area contributed by atoms with E-state index in [4.69, 9.17) is 0 Å². The molecule has 0 bridgehead atoms. The van der Waals surface area contributed by atoms with Gasteiger partial charge in [-0.1, -0.05) is 6.07 Å². The van der Waals surface area contributed by atoms with Gasteiger partial charge < -0.3 is 0 Å². The lowest BCUT2D eigenvalue weighted by molar-refractivity contribution is 0.640. The topological polar surface area (TPSA) is 0 Å². The first-order valence-corrected chi connectivity index (χ1v) is 4.29. The average molecular weight is 166 g/mol. The van der Waals surface area contributed by atoms with Crippen LogP contribution in [0.15, 0.2) is 23.6 Å². The van der Waals surface area contributed by atoms with Crippen molar-refractivity contribution in [3.05, 3.63) is 35.0 Å². The van der Waals surface area contributed by atoms with Crippen LogP contribution in [-0.2, 0) is 0 Å². The third-order valence-corrected chi connectivity index (χ3v) is 2.81. The number of benzene rings is 1. The van der Waals surface area contributed by atoms with Gasteiger partial charge in [-0.3, -0.25) is 0 Å². The molecule has 0 aliphatic carbocycles. The Hall–Kier alpha value is -0.890. The summed E-state index contributed by atoms with van der Waals surface area (Å²) in [6, 6.07) is 5.15. The molecule has 0 saturated heterocycles. The van der Waals surface area contributed by atoms with Gasteiger partial charge in [-0.2, -0.15) is 0 Å². The Morgan fingerprint density at radius 1 is 1.27 bits per heavy atom. The molecule has 56 valence electrons. The second kappa shape index (κ2) is 2.31. The summed E-state index contributed by atoms with van der Waals surface area (Å²) < 4.78 is 14.1. The van der Waals surface area contributed by atoms with Crippen LogP contribution in [-0.4, -0.2) is 0 Å². The quantitative estimate of drug-likeness (QED) is 0.563. The fourth-order valence-corrected chi connectivity index (χ4v) is 2.05. The maximum absolute atomic E-state index is 13.0. The molecule has 0 saturated carbocycles. The van der Waals surface area contributed by atoms with Crippen molar-refractivity contribution in [2.75, 3.05) is 0 Å². The Balaban J connectivity index is 2.96. The SMILES string of the molecule is Cc1ccc(F)c2ccsc12. The molecule has 0 aliphatic heterocycles.